The normalized spacial score (nSPS) is 10.7. The highest BCUT2D eigenvalue weighted by atomic mass is 16.5. The zero-order valence-electron chi connectivity index (χ0n) is 12.4. The summed E-state index contributed by atoms with van der Waals surface area (Å²) in [6.45, 7) is 12.7. The molecule has 0 saturated heterocycles. The molecule has 0 atom stereocenters. The fourth-order valence-electron chi connectivity index (χ4n) is 1.71. The van der Waals surface area contributed by atoms with Crippen LogP contribution < -0.4 is 10.1 Å². The van der Waals surface area contributed by atoms with Gasteiger partial charge in [-0.05, 0) is 36.9 Å². The van der Waals surface area contributed by atoms with Gasteiger partial charge in [-0.3, -0.25) is 0 Å². The molecule has 0 amide bonds. The number of aromatic nitrogens is 1. The lowest BCUT2D eigenvalue weighted by molar-refractivity contribution is 0.310. The van der Waals surface area contributed by atoms with Crippen LogP contribution in [0.4, 0.5) is 0 Å². The molecule has 1 aromatic heterocycles. The van der Waals surface area contributed by atoms with Crippen molar-refractivity contribution in [3.63, 3.8) is 0 Å². The smallest absolute Gasteiger partial charge is 0.213 e. The minimum absolute atomic E-state index is 0.410. The van der Waals surface area contributed by atoms with Crippen molar-refractivity contribution < 1.29 is 4.74 Å². The van der Waals surface area contributed by atoms with Crippen LogP contribution in [0.2, 0.25) is 0 Å². The summed E-state index contributed by atoms with van der Waals surface area (Å²) in [5.41, 5.74) is 2.32. The van der Waals surface area contributed by atoms with E-state index in [-0.39, 0.29) is 0 Å². The van der Waals surface area contributed by atoms with Gasteiger partial charge in [0.25, 0.3) is 0 Å². The lowest BCUT2D eigenvalue weighted by atomic mass is 10.1. The molecule has 0 aromatic carbocycles. The second-order valence-electron chi connectivity index (χ2n) is 5.00. The van der Waals surface area contributed by atoms with E-state index in [1.54, 1.807) is 0 Å². The Morgan fingerprint density at radius 3 is 2.84 bits per heavy atom. The van der Waals surface area contributed by atoms with Gasteiger partial charge in [-0.1, -0.05) is 26.8 Å². The minimum atomic E-state index is 0.410. The van der Waals surface area contributed by atoms with Gasteiger partial charge in [-0.2, -0.15) is 0 Å². The van der Waals surface area contributed by atoms with Crippen LogP contribution in [0, 0.1) is 0 Å². The van der Waals surface area contributed by atoms with E-state index in [0.29, 0.717) is 12.5 Å². The van der Waals surface area contributed by atoms with Gasteiger partial charge in [0.2, 0.25) is 5.88 Å². The van der Waals surface area contributed by atoms with Crippen molar-refractivity contribution in [3.8, 4) is 5.88 Å². The number of pyridine rings is 1. The molecule has 106 valence electrons. The Morgan fingerprint density at radius 1 is 1.42 bits per heavy atom. The maximum absolute atomic E-state index is 5.67. The highest BCUT2D eigenvalue weighted by Gasteiger charge is 2.07. The van der Waals surface area contributed by atoms with E-state index in [9.17, 15) is 0 Å². The predicted molar refractivity (Wildman–Crippen MR) is 80.6 cm³/mol. The van der Waals surface area contributed by atoms with Crippen molar-refractivity contribution in [1.29, 1.82) is 0 Å². The second kappa shape index (κ2) is 8.70. The van der Waals surface area contributed by atoms with Crippen LogP contribution in [-0.4, -0.2) is 18.1 Å². The van der Waals surface area contributed by atoms with Gasteiger partial charge in [0.1, 0.15) is 0 Å². The first kappa shape index (κ1) is 15.7. The molecule has 0 spiro atoms. The molecule has 0 fully saturated rings. The molecule has 0 unspecified atom stereocenters. The molecular weight excluding hydrogens is 236 g/mol. The number of rotatable bonds is 9. The van der Waals surface area contributed by atoms with Crippen LogP contribution in [0.15, 0.2) is 24.8 Å². The van der Waals surface area contributed by atoms with Crippen LogP contribution in [0.3, 0.4) is 0 Å². The second-order valence-corrected chi connectivity index (χ2v) is 5.00. The Hall–Kier alpha value is -1.35. The van der Waals surface area contributed by atoms with Gasteiger partial charge >= 0.3 is 0 Å². The van der Waals surface area contributed by atoms with Crippen molar-refractivity contribution in [2.24, 2.45) is 0 Å². The summed E-state index contributed by atoms with van der Waals surface area (Å²) in [5, 5.41) is 3.41. The Morgan fingerprint density at radius 2 is 2.21 bits per heavy atom. The van der Waals surface area contributed by atoms with Gasteiger partial charge in [0.05, 0.1) is 6.61 Å². The summed E-state index contributed by atoms with van der Waals surface area (Å²) in [6.07, 6.45) is 3.85. The topological polar surface area (TPSA) is 34.1 Å². The fraction of sp³-hybridized carbons (Fsp3) is 0.562. The van der Waals surface area contributed by atoms with Gasteiger partial charge in [-0.25, -0.2) is 4.98 Å². The molecule has 1 heterocycles. The van der Waals surface area contributed by atoms with E-state index in [1.165, 1.54) is 5.56 Å². The van der Waals surface area contributed by atoms with Crippen LogP contribution in [0.25, 0.3) is 0 Å². The summed E-state index contributed by atoms with van der Waals surface area (Å²) < 4.78 is 5.67. The number of hydrogen-bond acceptors (Lipinski definition) is 3. The lowest BCUT2D eigenvalue weighted by Crippen LogP contribution is -2.14. The van der Waals surface area contributed by atoms with Gasteiger partial charge in [-0.15, -0.1) is 6.58 Å². The summed E-state index contributed by atoms with van der Waals surface area (Å²) in [7, 11) is 0. The molecule has 1 aromatic rings. The van der Waals surface area contributed by atoms with Crippen LogP contribution in [0.5, 0.6) is 5.88 Å². The third-order valence-electron chi connectivity index (χ3n) is 2.80. The standard InChI is InChI=1S/C16H26N2O/c1-5-7-9-19-16-11-14(12-17-8-6-2)10-15(18-16)13(3)4/h5,10-11,13,17H,1,6-9,12H2,2-4H3. The Bertz CT molecular complexity index is 388. The summed E-state index contributed by atoms with van der Waals surface area (Å²) in [4.78, 5) is 4.55. The zero-order chi connectivity index (χ0) is 14.1. The number of ether oxygens (including phenoxy) is 1. The van der Waals surface area contributed by atoms with Crippen molar-refractivity contribution in [3.05, 3.63) is 36.0 Å². The summed E-state index contributed by atoms with van der Waals surface area (Å²) in [6, 6.07) is 4.19. The first-order chi connectivity index (χ1) is 9.17. The van der Waals surface area contributed by atoms with E-state index in [1.807, 2.05) is 12.1 Å². The monoisotopic (exact) mass is 262 g/mol. The van der Waals surface area contributed by atoms with E-state index < -0.39 is 0 Å². The van der Waals surface area contributed by atoms with E-state index in [0.717, 1.165) is 37.5 Å². The minimum Gasteiger partial charge on any atom is -0.477 e. The largest absolute Gasteiger partial charge is 0.477 e. The lowest BCUT2D eigenvalue weighted by Gasteiger charge is -2.12. The van der Waals surface area contributed by atoms with E-state index in [2.05, 4.69) is 43.7 Å². The van der Waals surface area contributed by atoms with Crippen molar-refractivity contribution in [1.82, 2.24) is 10.3 Å². The Kier molecular flexibility index (Phi) is 7.19. The molecule has 0 aliphatic carbocycles. The number of hydrogen-bond donors (Lipinski definition) is 1. The first-order valence-corrected chi connectivity index (χ1v) is 7.12. The molecule has 0 aliphatic rings. The van der Waals surface area contributed by atoms with Crippen LogP contribution in [0.1, 0.15) is 50.8 Å². The highest BCUT2D eigenvalue weighted by Crippen LogP contribution is 2.19. The Balaban J connectivity index is 2.75. The molecule has 1 N–H and O–H groups in total. The van der Waals surface area contributed by atoms with E-state index in [4.69, 9.17) is 4.74 Å². The molecule has 1 rings (SSSR count). The maximum atomic E-state index is 5.67. The molecule has 0 saturated carbocycles. The summed E-state index contributed by atoms with van der Waals surface area (Å²) >= 11 is 0. The number of nitrogens with one attached hydrogen (secondary N) is 1. The van der Waals surface area contributed by atoms with Gasteiger partial charge < -0.3 is 10.1 Å². The first-order valence-electron chi connectivity index (χ1n) is 7.12. The predicted octanol–water partition coefficient (Wildman–Crippen LogP) is 3.66. The van der Waals surface area contributed by atoms with Gasteiger partial charge in [0.15, 0.2) is 0 Å². The maximum Gasteiger partial charge on any atom is 0.213 e. The molecule has 0 bridgehead atoms. The quantitative estimate of drug-likeness (QED) is 0.545. The van der Waals surface area contributed by atoms with Gasteiger partial charge in [0, 0.05) is 18.3 Å². The van der Waals surface area contributed by atoms with Crippen molar-refractivity contribution in [2.45, 2.75) is 46.1 Å². The third-order valence-corrected chi connectivity index (χ3v) is 2.80. The molecular formula is C16H26N2O. The average molecular weight is 262 g/mol. The van der Waals surface area contributed by atoms with Crippen LogP contribution >= 0.6 is 0 Å². The molecule has 19 heavy (non-hydrogen) atoms. The number of nitrogens with zero attached hydrogens (tertiary/aromatic N) is 1. The molecule has 3 heteroatoms. The molecule has 3 nitrogen and oxygen atoms in total. The summed E-state index contributed by atoms with van der Waals surface area (Å²) in [5.74, 6) is 1.13. The highest BCUT2D eigenvalue weighted by molar-refractivity contribution is 5.26. The van der Waals surface area contributed by atoms with Crippen LogP contribution in [-0.2, 0) is 6.54 Å². The average Bonchev–Trinajstić information content (AvgIpc) is 2.39. The fourth-order valence-corrected chi connectivity index (χ4v) is 1.71. The Labute approximate surface area is 117 Å². The molecule has 0 aliphatic heterocycles. The zero-order valence-corrected chi connectivity index (χ0v) is 12.4. The van der Waals surface area contributed by atoms with E-state index >= 15 is 0 Å². The third kappa shape index (κ3) is 5.88. The SMILES string of the molecule is C=CCCOc1cc(CNCCC)cc(C(C)C)n1. The van der Waals surface area contributed by atoms with Crippen molar-refractivity contribution >= 4 is 0 Å². The molecule has 0 radical (unpaired) electrons. The van der Waals surface area contributed by atoms with Crippen molar-refractivity contribution in [2.75, 3.05) is 13.2 Å².